The molecule has 0 aliphatic heterocycles. The molecule has 0 amide bonds. The Labute approximate surface area is 74.4 Å². The van der Waals surface area contributed by atoms with Gasteiger partial charge in [0.2, 0.25) is 5.95 Å². The molecule has 5 nitrogen and oxygen atoms in total. The number of aromatic nitrogens is 4. The Kier molecular flexibility index (Phi) is 1.15. The number of nitrogens with one attached hydrogen (secondary N) is 1. The van der Waals surface area contributed by atoms with E-state index in [1.807, 2.05) is 0 Å². The summed E-state index contributed by atoms with van der Waals surface area (Å²) in [5.41, 5.74) is 7.38. The van der Waals surface area contributed by atoms with Crippen molar-refractivity contribution in [3.8, 4) is 0 Å². The summed E-state index contributed by atoms with van der Waals surface area (Å²) >= 11 is 0. The topological polar surface area (TPSA) is 80.5 Å². The molecule has 66 valence electrons. The zero-order valence-electron chi connectivity index (χ0n) is 6.99. The maximum atomic E-state index is 5.58. The van der Waals surface area contributed by atoms with E-state index in [1.165, 1.54) is 12.8 Å². The van der Waals surface area contributed by atoms with Crippen LogP contribution in [-0.4, -0.2) is 20.2 Å². The predicted octanol–water partition coefficient (Wildman–Crippen LogP) is 0.812. The molecule has 2 aromatic rings. The normalized spacial score (nSPS) is 16.6. The molecule has 0 unspecified atom stereocenters. The smallest absolute Gasteiger partial charge is 0.222 e. The maximum Gasteiger partial charge on any atom is 0.222 e. The molecule has 1 fully saturated rings. The number of H-pyrrole nitrogens is 1. The summed E-state index contributed by atoms with van der Waals surface area (Å²) in [7, 11) is 0. The molecule has 0 bridgehead atoms. The highest BCUT2D eigenvalue weighted by Gasteiger charge is 2.28. The van der Waals surface area contributed by atoms with E-state index >= 15 is 0 Å². The van der Waals surface area contributed by atoms with Gasteiger partial charge in [-0.05, 0) is 12.8 Å². The standard InChI is InChI=1S/C8H9N5/c9-8-11-6(4-1-2-4)5-3-10-13-7(5)12-8/h3-4H,1-2H2,(H3,9,10,11,12,13). The summed E-state index contributed by atoms with van der Waals surface area (Å²) in [6, 6.07) is 0. The zero-order valence-corrected chi connectivity index (χ0v) is 6.99. The van der Waals surface area contributed by atoms with Gasteiger partial charge in [0.1, 0.15) is 0 Å². The lowest BCUT2D eigenvalue weighted by Gasteiger charge is -1.99. The average molecular weight is 175 g/mol. The van der Waals surface area contributed by atoms with Crippen LogP contribution in [0.2, 0.25) is 0 Å². The van der Waals surface area contributed by atoms with Crippen LogP contribution in [0.5, 0.6) is 0 Å². The van der Waals surface area contributed by atoms with Crippen molar-refractivity contribution in [1.82, 2.24) is 20.2 Å². The van der Waals surface area contributed by atoms with Gasteiger partial charge >= 0.3 is 0 Å². The number of nitrogen functional groups attached to an aromatic ring is 1. The quantitative estimate of drug-likeness (QED) is 0.672. The Bertz CT molecular complexity index is 457. The van der Waals surface area contributed by atoms with Crippen LogP contribution in [0.4, 0.5) is 5.95 Å². The molecule has 3 rings (SSSR count). The molecule has 2 aromatic heterocycles. The van der Waals surface area contributed by atoms with Crippen LogP contribution in [0, 0.1) is 0 Å². The summed E-state index contributed by atoms with van der Waals surface area (Å²) in [5.74, 6) is 0.907. The molecule has 1 aliphatic carbocycles. The number of anilines is 1. The SMILES string of the molecule is Nc1nc(C2CC2)c2cn[nH]c2n1. The number of hydrogen-bond acceptors (Lipinski definition) is 4. The van der Waals surface area contributed by atoms with Gasteiger partial charge in [-0.25, -0.2) is 4.98 Å². The molecule has 3 N–H and O–H groups in total. The second-order valence-electron chi connectivity index (χ2n) is 3.37. The van der Waals surface area contributed by atoms with Crippen molar-refractivity contribution in [3.05, 3.63) is 11.9 Å². The van der Waals surface area contributed by atoms with E-state index in [9.17, 15) is 0 Å². The van der Waals surface area contributed by atoms with Gasteiger partial charge in [-0.2, -0.15) is 10.1 Å². The summed E-state index contributed by atoms with van der Waals surface area (Å²) in [6.07, 6.45) is 4.18. The van der Waals surface area contributed by atoms with Crippen molar-refractivity contribution < 1.29 is 0 Å². The summed E-state index contributed by atoms with van der Waals surface area (Å²) in [6.45, 7) is 0. The second-order valence-corrected chi connectivity index (χ2v) is 3.37. The molecule has 0 spiro atoms. The van der Waals surface area contributed by atoms with Crippen LogP contribution in [-0.2, 0) is 0 Å². The fourth-order valence-electron chi connectivity index (χ4n) is 1.54. The van der Waals surface area contributed by atoms with E-state index in [0.717, 1.165) is 16.7 Å². The maximum absolute atomic E-state index is 5.58. The largest absolute Gasteiger partial charge is 0.368 e. The third-order valence-corrected chi connectivity index (χ3v) is 2.32. The molecule has 2 heterocycles. The van der Waals surface area contributed by atoms with E-state index in [2.05, 4.69) is 20.2 Å². The lowest BCUT2D eigenvalue weighted by Crippen LogP contribution is -1.98. The minimum atomic E-state index is 0.332. The third kappa shape index (κ3) is 0.965. The Morgan fingerprint density at radius 3 is 3.00 bits per heavy atom. The van der Waals surface area contributed by atoms with Crippen LogP contribution < -0.4 is 5.73 Å². The number of aromatic amines is 1. The van der Waals surface area contributed by atoms with Gasteiger partial charge in [0.15, 0.2) is 5.65 Å². The van der Waals surface area contributed by atoms with Crippen molar-refractivity contribution in [2.45, 2.75) is 18.8 Å². The lowest BCUT2D eigenvalue weighted by molar-refractivity contribution is 1.02. The van der Waals surface area contributed by atoms with Gasteiger partial charge in [0.05, 0.1) is 17.3 Å². The molecule has 5 heteroatoms. The highest BCUT2D eigenvalue weighted by molar-refractivity contribution is 5.78. The first-order valence-electron chi connectivity index (χ1n) is 4.31. The van der Waals surface area contributed by atoms with Gasteiger partial charge in [-0.3, -0.25) is 5.10 Å². The summed E-state index contributed by atoms with van der Waals surface area (Å²) in [5, 5.41) is 7.74. The van der Waals surface area contributed by atoms with Crippen molar-refractivity contribution in [2.75, 3.05) is 5.73 Å². The molecule has 1 aliphatic rings. The number of hydrogen-bond donors (Lipinski definition) is 2. The average Bonchev–Trinajstić information content (AvgIpc) is 2.84. The highest BCUT2D eigenvalue weighted by Crippen LogP contribution is 2.41. The van der Waals surface area contributed by atoms with Gasteiger partial charge in [-0.15, -0.1) is 0 Å². The number of nitrogens with two attached hydrogens (primary N) is 1. The van der Waals surface area contributed by atoms with E-state index in [1.54, 1.807) is 6.20 Å². The van der Waals surface area contributed by atoms with Crippen LogP contribution in [0.3, 0.4) is 0 Å². The first-order valence-corrected chi connectivity index (χ1v) is 4.31. The molecular weight excluding hydrogens is 166 g/mol. The van der Waals surface area contributed by atoms with Crippen LogP contribution in [0.1, 0.15) is 24.5 Å². The number of nitrogens with zero attached hydrogens (tertiary/aromatic N) is 3. The van der Waals surface area contributed by atoms with Gasteiger partial charge in [-0.1, -0.05) is 0 Å². The van der Waals surface area contributed by atoms with Crippen LogP contribution in [0.15, 0.2) is 6.20 Å². The molecule has 0 aromatic carbocycles. The highest BCUT2D eigenvalue weighted by atomic mass is 15.2. The molecule has 1 saturated carbocycles. The Morgan fingerprint density at radius 2 is 2.23 bits per heavy atom. The van der Waals surface area contributed by atoms with E-state index in [4.69, 9.17) is 5.73 Å². The van der Waals surface area contributed by atoms with E-state index in [-0.39, 0.29) is 0 Å². The van der Waals surface area contributed by atoms with Crippen molar-refractivity contribution in [2.24, 2.45) is 0 Å². The molecule has 0 radical (unpaired) electrons. The van der Waals surface area contributed by atoms with E-state index < -0.39 is 0 Å². The molecule has 13 heavy (non-hydrogen) atoms. The Hall–Kier alpha value is -1.65. The summed E-state index contributed by atoms with van der Waals surface area (Å²) in [4.78, 5) is 8.30. The Morgan fingerprint density at radius 1 is 1.38 bits per heavy atom. The minimum Gasteiger partial charge on any atom is -0.368 e. The molecule has 0 saturated heterocycles. The fraction of sp³-hybridized carbons (Fsp3) is 0.375. The lowest BCUT2D eigenvalue weighted by atomic mass is 10.2. The second kappa shape index (κ2) is 2.18. The number of fused-ring (bicyclic) bond motifs is 1. The third-order valence-electron chi connectivity index (χ3n) is 2.32. The van der Waals surface area contributed by atoms with Crippen LogP contribution in [0.25, 0.3) is 11.0 Å². The van der Waals surface area contributed by atoms with Gasteiger partial charge in [0.25, 0.3) is 0 Å². The molecular formula is C8H9N5. The monoisotopic (exact) mass is 175 g/mol. The van der Waals surface area contributed by atoms with Crippen molar-refractivity contribution >= 4 is 17.0 Å². The van der Waals surface area contributed by atoms with Gasteiger partial charge < -0.3 is 5.73 Å². The van der Waals surface area contributed by atoms with Gasteiger partial charge in [0, 0.05) is 5.92 Å². The molecule has 0 atom stereocenters. The fourth-order valence-corrected chi connectivity index (χ4v) is 1.54. The summed E-state index contributed by atoms with van der Waals surface area (Å²) < 4.78 is 0. The first kappa shape index (κ1) is 6.82. The number of rotatable bonds is 1. The predicted molar refractivity (Wildman–Crippen MR) is 48.1 cm³/mol. The Balaban J connectivity index is 2.33. The van der Waals surface area contributed by atoms with Crippen molar-refractivity contribution in [3.63, 3.8) is 0 Å². The minimum absolute atomic E-state index is 0.332. The van der Waals surface area contributed by atoms with Crippen molar-refractivity contribution in [1.29, 1.82) is 0 Å². The zero-order chi connectivity index (χ0) is 8.84. The van der Waals surface area contributed by atoms with E-state index in [0.29, 0.717) is 11.9 Å². The first-order chi connectivity index (χ1) is 6.34. The van der Waals surface area contributed by atoms with Crippen LogP contribution >= 0.6 is 0 Å².